The normalized spacial score (nSPS) is 25.2. The summed E-state index contributed by atoms with van der Waals surface area (Å²) in [7, 11) is 0. The highest BCUT2D eigenvalue weighted by Crippen LogP contribution is 2.45. The molecule has 0 saturated heterocycles. The van der Waals surface area contributed by atoms with Gasteiger partial charge < -0.3 is 10.5 Å². The van der Waals surface area contributed by atoms with Crippen LogP contribution >= 0.6 is 0 Å². The Morgan fingerprint density at radius 3 is 2.63 bits per heavy atom. The largest absolute Gasteiger partial charge is 0.487 e. The van der Waals surface area contributed by atoms with Crippen molar-refractivity contribution >= 4 is 0 Å². The maximum Gasteiger partial charge on any atom is 0.124 e. The van der Waals surface area contributed by atoms with Crippen molar-refractivity contribution in [1.82, 2.24) is 0 Å². The summed E-state index contributed by atoms with van der Waals surface area (Å²) in [5.41, 5.74) is 9.04. The molecular formula is C17H25NO. The molecule has 2 heteroatoms. The van der Waals surface area contributed by atoms with Crippen LogP contribution in [0.3, 0.4) is 0 Å². The molecule has 1 unspecified atom stereocenters. The van der Waals surface area contributed by atoms with Crippen LogP contribution in [0.15, 0.2) is 18.2 Å². The molecule has 1 fully saturated rings. The number of fused-ring (bicyclic) bond motifs is 1. The second-order valence-corrected chi connectivity index (χ2v) is 6.61. The average molecular weight is 259 g/mol. The molecule has 1 aliphatic carbocycles. The number of rotatable bonds is 1. The van der Waals surface area contributed by atoms with Gasteiger partial charge in [0, 0.05) is 18.0 Å². The third-order valence-electron chi connectivity index (χ3n) is 4.78. The minimum atomic E-state index is 0.0318. The molecule has 1 aliphatic heterocycles. The van der Waals surface area contributed by atoms with Crippen LogP contribution in [0.2, 0.25) is 0 Å². The maximum absolute atomic E-state index is 6.44. The SMILES string of the molecule is CC(C)c1ccc2c(c1)C(N)CC1(CCCCC1)O2. The summed E-state index contributed by atoms with van der Waals surface area (Å²) in [6, 6.07) is 6.72. The number of hydrogen-bond donors (Lipinski definition) is 1. The highest BCUT2D eigenvalue weighted by atomic mass is 16.5. The Bertz CT molecular complexity index is 460. The van der Waals surface area contributed by atoms with Crippen LogP contribution in [0.4, 0.5) is 0 Å². The van der Waals surface area contributed by atoms with Crippen molar-refractivity contribution < 1.29 is 4.74 Å². The molecule has 2 aliphatic rings. The van der Waals surface area contributed by atoms with Gasteiger partial charge in [-0.1, -0.05) is 32.4 Å². The maximum atomic E-state index is 6.44. The van der Waals surface area contributed by atoms with E-state index in [1.807, 2.05) is 0 Å². The van der Waals surface area contributed by atoms with E-state index in [9.17, 15) is 0 Å². The minimum Gasteiger partial charge on any atom is -0.487 e. The van der Waals surface area contributed by atoms with Crippen LogP contribution in [-0.2, 0) is 0 Å². The Kier molecular flexibility index (Phi) is 3.30. The summed E-state index contributed by atoms with van der Waals surface area (Å²) >= 11 is 0. The molecule has 2 nitrogen and oxygen atoms in total. The summed E-state index contributed by atoms with van der Waals surface area (Å²) in [4.78, 5) is 0. The number of hydrogen-bond acceptors (Lipinski definition) is 2. The highest BCUT2D eigenvalue weighted by molar-refractivity contribution is 5.42. The Morgan fingerprint density at radius 1 is 1.21 bits per heavy atom. The molecule has 0 aromatic heterocycles. The third kappa shape index (κ3) is 2.38. The van der Waals surface area contributed by atoms with E-state index >= 15 is 0 Å². The lowest BCUT2D eigenvalue weighted by Crippen LogP contribution is -2.44. The van der Waals surface area contributed by atoms with Gasteiger partial charge in [0.25, 0.3) is 0 Å². The predicted octanol–water partition coefficient (Wildman–Crippen LogP) is 4.30. The van der Waals surface area contributed by atoms with Gasteiger partial charge >= 0.3 is 0 Å². The van der Waals surface area contributed by atoms with E-state index in [2.05, 4.69) is 32.0 Å². The third-order valence-corrected chi connectivity index (χ3v) is 4.78. The molecule has 2 N–H and O–H groups in total. The van der Waals surface area contributed by atoms with E-state index in [0.29, 0.717) is 5.92 Å². The molecule has 1 saturated carbocycles. The van der Waals surface area contributed by atoms with Gasteiger partial charge in [-0.2, -0.15) is 0 Å². The summed E-state index contributed by atoms with van der Waals surface area (Å²) in [5, 5.41) is 0. The van der Waals surface area contributed by atoms with Crippen LogP contribution in [-0.4, -0.2) is 5.60 Å². The van der Waals surface area contributed by atoms with Gasteiger partial charge in [0.05, 0.1) is 0 Å². The van der Waals surface area contributed by atoms with Crippen molar-refractivity contribution in [3.05, 3.63) is 29.3 Å². The zero-order chi connectivity index (χ0) is 13.5. The van der Waals surface area contributed by atoms with Crippen molar-refractivity contribution in [2.75, 3.05) is 0 Å². The van der Waals surface area contributed by atoms with Gasteiger partial charge in [0.1, 0.15) is 11.4 Å². The predicted molar refractivity (Wildman–Crippen MR) is 78.5 cm³/mol. The lowest BCUT2D eigenvalue weighted by molar-refractivity contribution is 0.00190. The number of benzene rings is 1. The lowest BCUT2D eigenvalue weighted by Gasteiger charge is -2.44. The fraction of sp³-hybridized carbons (Fsp3) is 0.647. The number of nitrogens with two attached hydrogens (primary N) is 1. The first-order valence-corrected chi connectivity index (χ1v) is 7.68. The first-order chi connectivity index (χ1) is 9.10. The molecule has 1 heterocycles. The standard InChI is InChI=1S/C17H25NO/c1-12(2)13-6-7-16-14(10-13)15(18)11-17(19-16)8-4-3-5-9-17/h6-7,10,12,15H,3-5,8-9,11,18H2,1-2H3. The van der Waals surface area contributed by atoms with E-state index < -0.39 is 0 Å². The second kappa shape index (κ2) is 4.82. The van der Waals surface area contributed by atoms with Crippen molar-refractivity contribution in [2.24, 2.45) is 5.73 Å². The summed E-state index contributed by atoms with van der Waals surface area (Å²) in [5.74, 6) is 1.58. The minimum absolute atomic E-state index is 0.0318. The fourth-order valence-corrected chi connectivity index (χ4v) is 3.60. The van der Waals surface area contributed by atoms with Crippen molar-refractivity contribution in [2.45, 2.75) is 69.9 Å². The Hall–Kier alpha value is -1.02. The number of ether oxygens (including phenoxy) is 1. The first-order valence-electron chi connectivity index (χ1n) is 7.68. The molecule has 0 amide bonds. The van der Waals surface area contributed by atoms with E-state index in [1.54, 1.807) is 0 Å². The zero-order valence-electron chi connectivity index (χ0n) is 12.1. The van der Waals surface area contributed by atoms with E-state index in [-0.39, 0.29) is 11.6 Å². The van der Waals surface area contributed by atoms with Crippen molar-refractivity contribution in [3.63, 3.8) is 0 Å². The molecule has 1 atom stereocenters. The molecule has 104 valence electrons. The molecule has 3 rings (SSSR count). The van der Waals surface area contributed by atoms with Gasteiger partial charge in [-0.05, 0) is 43.2 Å². The van der Waals surface area contributed by atoms with Crippen molar-refractivity contribution in [3.8, 4) is 5.75 Å². The second-order valence-electron chi connectivity index (χ2n) is 6.61. The highest BCUT2D eigenvalue weighted by Gasteiger charge is 2.40. The van der Waals surface area contributed by atoms with E-state index in [4.69, 9.17) is 10.5 Å². The van der Waals surface area contributed by atoms with Crippen LogP contribution in [0.1, 0.15) is 75.5 Å². The molecule has 1 aromatic rings. The van der Waals surface area contributed by atoms with Crippen molar-refractivity contribution in [1.29, 1.82) is 0 Å². The molecular weight excluding hydrogens is 234 g/mol. The summed E-state index contributed by atoms with van der Waals surface area (Å²) < 4.78 is 6.39. The molecule has 0 radical (unpaired) electrons. The quantitative estimate of drug-likeness (QED) is 0.816. The van der Waals surface area contributed by atoms with Crippen LogP contribution in [0.25, 0.3) is 0 Å². The Morgan fingerprint density at radius 2 is 1.95 bits per heavy atom. The van der Waals surface area contributed by atoms with Crippen LogP contribution in [0, 0.1) is 0 Å². The van der Waals surface area contributed by atoms with Gasteiger partial charge in [0.15, 0.2) is 0 Å². The molecule has 1 aromatic carbocycles. The van der Waals surface area contributed by atoms with Gasteiger partial charge in [-0.15, -0.1) is 0 Å². The van der Waals surface area contributed by atoms with Crippen LogP contribution < -0.4 is 10.5 Å². The molecule has 1 spiro atoms. The lowest BCUT2D eigenvalue weighted by atomic mass is 9.77. The van der Waals surface area contributed by atoms with Gasteiger partial charge in [-0.25, -0.2) is 0 Å². The average Bonchev–Trinajstić information content (AvgIpc) is 2.39. The fourth-order valence-electron chi connectivity index (χ4n) is 3.60. The molecule has 0 bridgehead atoms. The van der Waals surface area contributed by atoms with E-state index in [1.165, 1.54) is 43.2 Å². The summed E-state index contributed by atoms with van der Waals surface area (Å²) in [6.07, 6.45) is 7.25. The van der Waals surface area contributed by atoms with E-state index in [0.717, 1.165) is 12.2 Å². The van der Waals surface area contributed by atoms with Gasteiger partial charge in [-0.3, -0.25) is 0 Å². The first kappa shape index (κ1) is 13.0. The summed E-state index contributed by atoms with van der Waals surface area (Å²) in [6.45, 7) is 4.44. The molecule has 19 heavy (non-hydrogen) atoms. The zero-order valence-corrected chi connectivity index (χ0v) is 12.1. The van der Waals surface area contributed by atoms with Gasteiger partial charge in [0.2, 0.25) is 0 Å². The Labute approximate surface area is 116 Å². The smallest absolute Gasteiger partial charge is 0.124 e. The topological polar surface area (TPSA) is 35.2 Å². The Balaban J connectivity index is 1.92. The monoisotopic (exact) mass is 259 g/mol. The van der Waals surface area contributed by atoms with Crippen LogP contribution in [0.5, 0.6) is 5.75 Å².